The lowest BCUT2D eigenvalue weighted by molar-refractivity contribution is 1.38. The number of anilines is 1. The molecule has 0 saturated carbocycles. The Balaban J connectivity index is 0.00000320. The summed E-state index contributed by atoms with van der Waals surface area (Å²) in [7, 11) is 1.65. The van der Waals surface area contributed by atoms with E-state index >= 15 is 0 Å². The molecule has 0 atom stereocenters. The van der Waals surface area contributed by atoms with Gasteiger partial charge in [-0.05, 0) is 72.8 Å². The molecule has 0 bridgehead atoms. The Kier molecular flexibility index (Phi) is 11.9. The van der Waals surface area contributed by atoms with Crippen LogP contribution in [0.2, 0.25) is 0 Å². The first-order chi connectivity index (χ1) is 14.0. The maximum absolute atomic E-state index is 6.14. The Morgan fingerprint density at radius 3 is 1.19 bits per heavy atom. The molecule has 170 valence electrons. The average molecular weight is 495 g/mol. The van der Waals surface area contributed by atoms with Gasteiger partial charge < -0.3 is 22.9 Å². The van der Waals surface area contributed by atoms with Crippen molar-refractivity contribution in [1.82, 2.24) is 0 Å². The van der Waals surface area contributed by atoms with E-state index in [1.165, 1.54) is 0 Å². The lowest BCUT2D eigenvalue weighted by Crippen LogP contribution is -2.13. The Labute approximate surface area is 206 Å². The second-order valence-electron chi connectivity index (χ2n) is 6.32. The molecule has 0 radical (unpaired) electrons. The highest BCUT2D eigenvalue weighted by molar-refractivity contribution is 6.01. The van der Waals surface area contributed by atoms with Gasteiger partial charge in [-0.25, -0.2) is 9.98 Å². The summed E-state index contributed by atoms with van der Waals surface area (Å²) in [6, 6.07) is 22.0. The molecule has 32 heavy (non-hydrogen) atoms. The van der Waals surface area contributed by atoms with Gasteiger partial charge >= 0.3 is 0 Å². The molecule has 0 saturated heterocycles. The molecule has 10 heteroatoms. The average Bonchev–Trinajstić information content (AvgIpc) is 2.74. The van der Waals surface area contributed by atoms with Gasteiger partial charge in [-0.1, -0.05) is 0 Å². The van der Waals surface area contributed by atoms with Crippen LogP contribution < -0.4 is 22.9 Å². The predicted octanol–water partition coefficient (Wildman–Crippen LogP) is 3.94. The van der Waals surface area contributed by atoms with E-state index < -0.39 is 0 Å². The summed E-state index contributed by atoms with van der Waals surface area (Å²) in [6.07, 6.45) is 0. The summed E-state index contributed by atoms with van der Waals surface area (Å²) in [6.45, 7) is 0. The zero-order valence-corrected chi connectivity index (χ0v) is 19.8. The largest absolute Gasteiger partial charge is 0.399 e. The first-order valence-electron chi connectivity index (χ1n) is 8.93. The van der Waals surface area contributed by atoms with Crippen LogP contribution >= 0.6 is 37.2 Å². The summed E-state index contributed by atoms with van der Waals surface area (Å²) in [5.41, 5.74) is 28.2. The highest BCUT2D eigenvalue weighted by Crippen LogP contribution is 2.17. The van der Waals surface area contributed by atoms with E-state index in [1.807, 2.05) is 60.7 Å². The van der Waals surface area contributed by atoms with E-state index in [0.29, 0.717) is 23.2 Å². The van der Waals surface area contributed by atoms with Crippen molar-refractivity contribution in [2.45, 2.75) is 0 Å². The molecule has 0 fully saturated rings. The van der Waals surface area contributed by atoms with Gasteiger partial charge in [0.2, 0.25) is 0 Å². The molecule has 0 aromatic heterocycles. The van der Waals surface area contributed by atoms with Crippen LogP contribution in [-0.2, 0) is 0 Å². The van der Waals surface area contributed by atoms with Gasteiger partial charge in [-0.3, -0.25) is 4.99 Å². The van der Waals surface area contributed by atoms with Crippen molar-refractivity contribution in [1.29, 1.82) is 0 Å². The minimum atomic E-state index is 0. The van der Waals surface area contributed by atoms with Gasteiger partial charge in [0, 0.05) is 29.4 Å². The van der Waals surface area contributed by atoms with E-state index in [4.69, 9.17) is 22.9 Å². The Hall–Kier alpha value is -3.26. The molecule has 8 N–H and O–H groups in total. The number of nitrogen functional groups attached to an aromatic ring is 1. The molecule has 0 aliphatic heterocycles. The normalized spacial score (nSPS) is 11.6. The number of rotatable bonds is 5. The maximum Gasteiger partial charge on any atom is 0.131 e. The molecule has 7 nitrogen and oxygen atoms in total. The van der Waals surface area contributed by atoms with E-state index in [-0.39, 0.29) is 37.2 Å². The minimum absolute atomic E-state index is 0. The van der Waals surface area contributed by atoms with Crippen molar-refractivity contribution in [3.05, 3.63) is 89.5 Å². The summed E-state index contributed by atoms with van der Waals surface area (Å²) >= 11 is 0. The van der Waals surface area contributed by atoms with Crippen molar-refractivity contribution in [2.75, 3.05) is 12.8 Å². The molecule has 0 spiro atoms. The topological polar surface area (TPSA) is 141 Å². The predicted molar refractivity (Wildman–Crippen MR) is 143 cm³/mol. The van der Waals surface area contributed by atoms with Crippen molar-refractivity contribution >= 4 is 71.8 Å². The molecular weight excluding hydrogens is 469 g/mol. The van der Waals surface area contributed by atoms with Gasteiger partial charge in [-0.2, -0.15) is 0 Å². The molecule has 3 aromatic rings. The third kappa shape index (κ3) is 7.46. The number of nitrogens with two attached hydrogens (primary N) is 4. The van der Waals surface area contributed by atoms with Crippen LogP contribution in [0.3, 0.4) is 0 Å². The highest BCUT2D eigenvalue weighted by atomic mass is 35.5. The Bertz CT molecular complexity index is 1080. The molecule has 0 unspecified atom stereocenters. The van der Waals surface area contributed by atoms with Crippen LogP contribution in [0.4, 0.5) is 17.1 Å². The van der Waals surface area contributed by atoms with E-state index in [1.54, 1.807) is 19.2 Å². The number of halogens is 3. The number of hydrogen-bond donors (Lipinski definition) is 4. The first kappa shape index (κ1) is 28.7. The monoisotopic (exact) mass is 493 g/mol. The number of aliphatic imine (C=N–C) groups is 3. The van der Waals surface area contributed by atoms with Crippen molar-refractivity contribution in [2.24, 2.45) is 32.2 Å². The third-order valence-electron chi connectivity index (χ3n) is 4.27. The van der Waals surface area contributed by atoms with Crippen molar-refractivity contribution < 1.29 is 0 Å². The molecule has 3 aromatic carbocycles. The Morgan fingerprint density at radius 1 is 0.531 bits per heavy atom. The van der Waals surface area contributed by atoms with Crippen LogP contribution in [0, 0.1) is 0 Å². The van der Waals surface area contributed by atoms with Crippen LogP contribution in [0.15, 0.2) is 87.8 Å². The smallest absolute Gasteiger partial charge is 0.131 e. The first-order valence-corrected chi connectivity index (χ1v) is 8.93. The number of benzene rings is 3. The molecule has 0 heterocycles. The highest BCUT2D eigenvalue weighted by Gasteiger charge is 2.03. The van der Waals surface area contributed by atoms with Crippen LogP contribution in [-0.4, -0.2) is 24.6 Å². The van der Waals surface area contributed by atoms with Crippen LogP contribution in [0.5, 0.6) is 0 Å². The second kappa shape index (κ2) is 13.2. The van der Waals surface area contributed by atoms with Crippen molar-refractivity contribution in [3.8, 4) is 0 Å². The SMILES string of the molecule is CN=C(N)c1ccc(N=C(N)c2ccc(N=C(N)c3ccc(N)cc3)cc2)cc1.Cl.Cl.Cl. The van der Waals surface area contributed by atoms with Crippen molar-refractivity contribution in [3.63, 3.8) is 0 Å². The fourth-order valence-electron chi connectivity index (χ4n) is 2.60. The van der Waals surface area contributed by atoms with Gasteiger partial charge in [0.15, 0.2) is 0 Å². The van der Waals surface area contributed by atoms with Gasteiger partial charge in [0.05, 0.1) is 11.4 Å². The van der Waals surface area contributed by atoms with Crippen LogP contribution in [0.25, 0.3) is 0 Å². The fraction of sp³-hybridized carbons (Fsp3) is 0.0455. The van der Waals surface area contributed by atoms with Crippen LogP contribution in [0.1, 0.15) is 16.7 Å². The van der Waals surface area contributed by atoms with E-state index in [2.05, 4.69) is 15.0 Å². The molecular formula is C22H26Cl3N7. The summed E-state index contributed by atoms with van der Waals surface area (Å²) in [5.74, 6) is 1.29. The third-order valence-corrected chi connectivity index (χ3v) is 4.27. The lowest BCUT2D eigenvalue weighted by atomic mass is 10.1. The number of nitrogens with zero attached hydrogens (tertiary/aromatic N) is 3. The summed E-state index contributed by atoms with van der Waals surface area (Å²) < 4.78 is 0. The standard InChI is InChI=1S/C22H23N7.3ClH/c1-27-20(24)14-4-10-18(11-5-14)29-22(26)16-6-12-19(13-7-16)28-21(25)15-2-8-17(23)9-3-15;;;/h2-13H,23H2,1H3,(H2,24,27)(H2,25,28)(H2,26,29);3*1H. The quantitative estimate of drug-likeness (QED) is 0.242. The Morgan fingerprint density at radius 2 is 0.844 bits per heavy atom. The lowest BCUT2D eigenvalue weighted by Gasteiger charge is -2.05. The number of amidine groups is 3. The zero-order valence-electron chi connectivity index (χ0n) is 17.3. The van der Waals surface area contributed by atoms with Gasteiger partial charge in [-0.15, -0.1) is 37.2 Å². The van der Waals surface area contributed by atoms with E-state index in [9.17, 15) is 0 Å². The zero-order chi connectivity index (χ0) is 20.8. The second-order valence-corrected chi connectivity index (χ2v) is 6.32. The maximum atomic E-state index is 6.14. The van der Waals surface area contributed by atoms with E-state index in [0.717, 1.165) is 28.1 Å². The summed E-state index contributed by atoms with van der Waals surface area (Å²) in [5, 5.41) is 0. The molecule has 3 rings (SSSR count). The molecule has 0 amide bonds. The number of hydrogen-bond acceptors (Lipinski definition) is 4. The summed E-state index contributed by atoms with van der Waals surface area (Å²) in [4.78, 5) is 12.8. The minimum Gasteiger partial charge on any atom is -0.399 e. The molecule has 0 aliphatic rings. The molecule has 0 aliphatic carbocycles. The van der Waals surface area contributed by atoms with Gasteiger partial charge in [0.1, 0.15) is 17.5 Å². The fourth-order valence-corrected chi connectivity index (χ4v) is 2.60. The van der Waals surface area contributed by atoms with Gasteiger partial charge in [0.25, 0.3) is 0 Å².